The number of nitrogens with two attached hydrogens (primary N) is 1. The van der Waals surface area contributed by atoms with E-state index in [2.05, 4.69) is 0 Å². The van der Waals surface area contributed by atoms with E-state index in [1.165, 1.54) is 0 Å². The Kier molecular flexibility index (Phi) is 7.70. The van der Waals surface area contributed by atoms with E-state index < -0.39 is 0 Å². The molecule has 2 N–H and O–H groups in total. The predicted octanol–water partition coefficient (Wildman–Crippen LogP) is 1.81. The molecule has 1 unspecified atom stereocenters. The Morgan fingerprint density at radius 3 is 2.45 bits per heavy atom. The third kappa shape index (κ3) is 5.20. The first-order valence-electron chi connectivity index (χ1n) is 7.30. The highest BCUT2D eigenvalue weighted by atomic mass is 16.5. The Morgan fingerprint density at radius 1 is 1.23 bits per heavy atom. The van der Waals surface area contributed by atoms with Crippen LogP contribution >= 0.6 is 0 Å². The number of hydrogen-bond donors (Lipinski definition) is 1. The van der Waals surface area contributed by atoms with Gasteiger partial charge in [-0.05, 0) is 25.5 Å². The van der Waals surface area contributed by atoms with Crippen LogP contribution in [0.2, 0.25) is 0 Å². The predicted molar refractivity (Wildman–Crippen MR) is 86.7 cm³/mol. The van der Waals surface area contributed by atoms with Crippen molar-refractivity contribution in [1.29, 1.82) is 0 Å². The van der Waals surface area contributed by atoms with Gasteiger partial charge >= 0.3 is 0 Å². The second-order valence-electron chi connectivity index (χ2n) is 5.09. The van der Waals surface area contributed by atoms with Crippen LogP contribution in [0.1, 0.15) is 19.8 Å². The lowest BCUT2D eigenvalue weighted by Crippen LogP contribution is -2.34. The molecule has 1 rings (SSSR count). The van der Waals surface area contributed by atoms with Gasteiger partial charge in [-0.2, -0.15) is 0 Å². The van der Waals surface area contributed by atoms with Crippen molar-refractivity contribution < 1.29 is 19.0 Å². The lowest BCUT2D eigenvalue weighted by Gasteiger charge is -2.24. The average molecular weight is 310 g/mol. The maximum Gasteiger partial charge on any atom is 0.227 e. The average Bonchev–Trinajstić information content (AvgIpc) is 2.52. The number of carbonyl (C=O) groups excluding carboxylic acids is 1. The van der Waals surface area contributed by atoms with Crippen molar-refractivity contribution in [1.82, 2.24) is 0 Å². The second kappa shape index (κ2) is 9.27. The van der Waals surface area contributed by atoms with Crippen molar-refractivity contribution in [2.45, 2.75) is 25.8 Å². The van der Waals surface area contributed by atoms with Crippen LogP contribution in [-0.2, 0) is 9.53 Å². The van der Waals surface area contributed by atoms with Gasteiger partial charge in [0.2, 0.25) is 5.91 Å². The zero-order valence-corrected chi connectivity index (χ0v) is 13.8. The first kappa shape index (κ1) is 18.3. The summed E-state index contributed by atoms with van der Waals surface area (Å²) < 4.78 is 15.6. The number of nitrogens with zero attached hydrogens (tertiary/aromatic N) is 1. The van der Waals surface area contributed by atoms with E-state index >= 15 is 0 Å². The summed E-state index contributed by atoms with van der Waals surface area (Å²) in [5.74, 6) is 1.23. The van der Waals surface area contributed by atoms with Crippen LogP contribution in [0.5, 0.6) is 11.5 Å². The van der Waals surface area contributed by atoms with Gasteiger partial charge < -0.3 is 24.8 Å². The lowest BCUT2D eigenvalue weighted by atomic mass is 10.1. The monoisotopic (exact) mass is 310 g/mol. The Labute approximate surface area is 132 Å². The van der Waals surface area contributed by atoms with Crippen LogP contribution < -0.4 is 20.1 Å². The molecule has 0 aliphatic carbocycles. The molecule has 0 spiro atoms. The van der Waals surface area contributed by atoms with Gasteiger partial charge in [0.15, 0.2) is 11.5 Å². The minimum atomic E-state index is -0.00127. The maximum atomic E-state index is 12.5. The van der Waals surface area contributed by atoms with Crippen LogP contribution in [0.3, 0.4) is 0 Å². The number of anilines is 1. The van der Waals surface area contributed by atoms with Gasteiger partial charge in [0, 0.05) is 37.9 Å². The minimum absolute atomic E-state index is 0.00127. The molecule has 0 heterocycles. The van der Waals surface area contributed by atoms with E-state index in [1.54, 1.807) is 38.4 Å². The highest BCUT2D eigenvalue weighted by Gasteiger charge is 2.17. The molecule has 1 atom stereocenters. The molecule has 6 nitrogen and oxygen atoms in total. The molecule has 1 amide bonds. The van der Waals surface area contributed by atoms with Crippen molar-refractivity contribution in [2.75, 3.05) is 39.4 Å². The summed E-state index contributed by atoms with van der Waals surface area (Å²) in [6.07, 6.45) is 1.05. The Morgan fingerprint density at radius 2 is 1.91 bits per heavy atom. The molecule has 0 saturated carbocycles. The first-order chi connectivity index (χ1) is 10.5. The summed E-state index contributed by atoms with van der Waals surface area (Å²) in [6, 6.07) is 5.41. The Hall–Kier alpha value is -1.79. The molecule has 0 fully saturated rings. The lowest BCUT2D eigenvalue weighted by molar-refractivity contribution is -0.118. The summed E-state index contributed by atoms with van der Waals surface area (Å²) in [5.41, 5.74) is 6.49. The fourth-order valence-corrected chi connectivity index (χ4v) is 2.06. The third-order valence-corrected chi connectivity index (χ3v) is 3.31. The largest absolute Gasteiger partial charge is 0.493 e. The molecule has 0 aliphatic heterocycles. The summed E-state index contributed by atoms with van der Waals surface area (Å²) in [7, 11) is 4.76. The summed E-state index contributed by atoms with van der Waals surface area (Å²) in [5, 5.41) is 0. The van der Waals surface area contributed by atoms with E-state index in [9.17, 15) is 4.79 Å². The van der Waals surface area contributed by atoms with Crippen LogP contribution in [-0.4, -0.2) is 46.4 Å². The van der Waals surface area contributed by atoms with Gasteiger partial charge in [-0.25, -0.2) is 0 Å². The number of rotatable bonds is 9. The molecule has 1 aromatic carbocycles. The van der Waals surface area contributed by atoms with Gasteiger partial charge in [-0.1, -0.05) is 0 Å². The standard InChI is InChI=1S/C16H26N2O4/c1-12(17)5-8-16(19)18(9-10-20-2)13-6-7-14(21-3)15(11-13)22-4/h6-7,11-12H,5,8-10,17H2,1-4H3. The van der Waals surface area contributed by atoms with Crippen molar-refractivity contribution >= 4 is 11.6 Å². The third-order valence-electron chi connectivity index (χ3n) is 3.31. The van der Waals surface area contributed by atoms with Gasteiger partial charge in [-0.3, -0.25) is 4.79 Å². The smallest absolute Gasteiger partial charge is 0.227 e. The zero-order valence-electron chi connectivity index (χ0n) is 13.8. The van der Waals surface area contributed by atoms with Crippen molar-refractivity contribution in [3.63, 3.8) is 0 Å². The molecule has 0 aliphatic rings. The number of ether oxygens (including phenoxy) is 3. The SMILES string of the molecule is COCCN(C(=O)CCC(C)N)c1ccc(OC)c(OC)c1. The zero-order chi connectivity index (χ0) is 16.5. The topological polar surface area (TPSA) is 74.0 Å². The number of hydrogen-bond acceptors (Lipinski definition) is 5. The quantitative estimate of drug-likeness (QED) is 0.753. The molecule has 1 aromatic rings. The van der Waals surface area contributed by atoms with Crippen LogP contribution in [0.15, 0.2) is 18.2 Å². The van der Waals surface area contributed by atoms with E-state index in [0.29, 0.717) is 37.5 Å². The molecule has 0 bridgehead atoms. The fourth-order valence-electron chi connectivity index (χ4n) is 2.06. The number of benzene rings is 1. The first-order valence-corrected chi connectivity index (χ1v) is 7.30. The van der Waals surface area contributed by atoms with Crippen LogP contribution in [0.25, 0.3) is 0 Å². The molecule has 0 radical (unpaired) electrons. The van der Waals surface area contributed by atoms with Crippen molar-refractivity contribution in [3.05, 3.63) is 18.2 Å². The van der Waals surface area contributed by atoms with Gasteiger partial charge in [0.25, 0.3) is 0 Å². The highest BCUT2D eigenvalue weighted by molar-refractivity contribution is 5.93. The maximum absolute atomic E-state index is 12.5. The van der Waals surface area contributed by atoms with Crippen molar-refractivity contribution in [3.8, 4) is 11.5 Å². The summed E-state index contributed by atoms with van der Waals surface area (Å²) in [4.78, 5) is 14.1. The summed E-state index contributed by atoms with van der Waals surface area (Å²) >= 11 is 0. The molecule has 6 heteroatoms. The highest BCUT2D eigenvalue weighted by Crippen LogP contribution is 2.31. The Balaban J connectivity index is 2.97. The molecular weight excluding hydrogens is 284 g/mol. The van der Waals surface area contributed by atoms with Gasteiger partial charge in [0.05, 0.1) is 20.8 Å². The molecule has 22 heavy (non-hydrogen) atoms. The van der Waals surface area contributed by atoms with Crippen LogP contribution in [0.4, 0.5) is 5.69 Å². The molecule has 0 aromatic heterocycles. The van der Waals surface area contributed by atoms with Gasteiger partial charge in [0.1, 0.15) is 0 Å². The molecule has 124 valence electrons. The number of carbonyl (C=O) groups is 1. The van der Waals surface area contributed by atoms with Gasteiger partial charge in [-0.15, -0.1) is 0 Å². The van der Waals surface area contributed by atoms with Crippen LogP contribution in [0, 0.1) is 0 Å². The van der Waals surface area contributed by atoms with E-state index in [1.807, 2.05) is 13.0 Å². The van der Waals surface area contributed by atoms with E-state index in [4.69, 9.17) is 19.9 Å². The normalized spacial score (nSPS) is 11.9. The number of amides is 1. The van der Waals surface area contributed by atoms with E-state index in [-0.39, 0.29) is 11.9 Å². The Bertz CT molecular complexity index is 477. The second-order valence-corrected chi connectivity index (χ2v) is 5.09. The summed E-state index contributed by atoms with van der Waals surface area (Å²) in [6.45, 7) is 2.82. The molecular formula is C16H26N2O4. The van der Waals surface area contributed by atoms with Crippen molar-refractivity contribution in [2.24, 2.45) is 5.73 Å². The minimum Gasteiger partial charge on any atom is -0.493 e. The fraction of sp³-hybridized carbons (Fsp3) is 0.562. The van der Waals surface area contributed by atoms with E-state index in [0.717, 1.165) is 5.69 Å². The molecule has 0 saturated heterocycles. The number of methoxy groups -OCH3 is 3.